The van der Waals surface area contributed by atoms with Gasteiger partial charge in [0.05, 0.1) is 0 Å². The summed E-state index contributed by atoms with van der Waals surface area (Å²) in [5.41, 5.74) is 0. The van der Waals surface area contributed by atoms with E-state index in [-0.39, 0.29) is 0 Å². The Morgan fingerprint density at radius 3 is 2.85 bits per heavy atom. The van der Waals surface area contributed by atoms with Crippen molar-refractivity contribution in [2.24, 2.45) is 0 Å². The summed E-state index contributed by atoms with van der Waals surface area (Å²) in [4.78, 5) is 1.46. The minimum atomic E-state index is 0.545. The normalized spacial score (nSPS) is 20.7. The zero-order chi connectivity index (χ0) is 9.10. The molecule has 0 unspecified atom stereocenters. The molecule has 0 amide bonds. The van der Waals surface area contributed by atoms with Gasteiger partial charge in [0.15, 0.2) is 0 Å². The van der Waals surface area contributed by atoms with E-state index >= 15 is 0 Å². The van der Waals surface area contributed by atoms with Gasteiger partial charge in [0, 0.05) is 17.0 Å². The fraction of sp³-hybridized carbons (Fsp3) is 0.636. The van der Waals surface area contributed by atoms with Crippen LogP contribution in [0.2, 0.25) is 0 Å². The lowest BCUT2D eigenvalue weighted by Crippen LogP contribution is -2.28. The third kappa shape index (κ3) is 2.32. The molecule has 1 aliphatic carbocycles. The van der Waals surface area contributed by atoms with Gasteiger partial charge in [0.25, 0.3) is 0 Å². The van der Waals surface area contributed by atoms with E-state index in [1.165, 1.54) is 30.6 Å². The molecule has 1 atom stereocenters. The van der Waals surface area contributed by atoms with Crippen molar-refractivity contribution in [3.63, 3.8) is 0 Å². The molecule has 0 aromatic carbocycles. The van der Waals surface area contributed by atoms with Gasteiger partial charge in [-0.2, -0.15) is 0 Å². The highest BCUT2D eigenvalue weighted by molar-refractivity contribution is 7.10. The number of hydrogen-bond donors (Lipinski definition) is 1. The average Bonchev–Trinajstić information content (AvgIpc) is 2.74. The van der Waals surface area contributed by atoms with E-state index in [9.17, 15) is 0 Å². The minimum Gasteiger partial charge on any atom is -0.307 e. The van der Waals surface area contributed by atoms with Crippen LogP contribution in [0.4, 0.5) is 0 Å². The molecule has 1 fully saturated rings. The van der Waals surface area contributed by atoms with E-state index in [0.717, 1.165) is 6.04 Å². The number of thiophene rings is 1. The van der Waals surface area contributed by atoms with Crippen molar-refractivity contribution in [3.05, 3.63) is 22.4 Å². The van der Waals surface area contributed by atoms with E-state index in [1.807, 2.05) is 11.3 Å². The molecule has 0 bridgehead atoms. The van der Waals surface area contributed by atoms with Gasteiger partial charge < -0.3 is 5.32 Å². The zero-order valence-corrected chi connectivity index (χ0v) is 8.94. The average molecular weight is 195 g/mol. The molecule has 1 saturated carbocycles. The summed E-state index contributed by atoms with van der Waals surface area (Å²) >= 11 is 1.85. The van der Waals surface area contributed by atoms with Gasteiger partial charge in [0.1, 0.15) is 0 Å². The minimum absolute atomic E-state index is 0.545. The predicted molar refractivity (Wildman–Crippen MR) is 58.1 cm³/mol. The maximum Gasteiger partial charge on any atom is 0.0388 e. The van der Waals surface area contributed by atoms with E-state index in [2.05, 4.69) is 29.8 Å². The summed E-state index contributed by atoms with van der Waals surface area (Å²) in [6.45, 7) is 2.27. The van der Waals surface area contributed by atoms with Crippen LogP contribution in [0.25, 0.3) is 0 Å². The van der Waals surface area contributed by atoms with Crippen LogP contribution >= 0.6 is 11.3 Å². The van der Waals surface area contributed by atoms with Gasteiger partial charge in [-0.3, -0.25) is 0 Å². The molecular formula is C11H17NS. The molecule has 2 heteroatoms. The lowest BCUT2D eigenvalue weighted by atomic mass is 10.2. The van der Waals surface area contributed by atoms with Crippen molar-refractivity contribution in [2.75, 3.05) is 0 Å². The fourth-order valence-electron chi connectivity index (χ4n) is 2.07. The van der Waals surface area contributed by atoms with Gasteiger partial charge in [0.2, 0.25) is 0 Å². The topological polar surface area (TPSA) is 12.0 Å². The molecule has 0 saturated heterocycles. The molecule has 1 aromatic rings. The molecular weight excluding hydrogens is 178 g/mol. The molecule has 1 aliphatic rings. The second-order valence-electron chi connectivity index (χ2n) is 3.89. The lowest BCUT2D eigenvalue weighted by Gasteiger charge is -2.17. The van der Waals surface area contributed by atoms with Crippen molar-refractivity contribution < 1.29 is 0 Å². The molecule has 72 valence electrons. The van der Waals surface area contributed by atoms with E-state index in [1.54, 1.807) is 0 Å². The molecule has 13 heavy (non-hydrogen) atoms. The van der Waals surface area contributed by atoms with Crippen LogP contribution in [0, 0.1) is 0 Å². The van der Waals surface area contributed by atoms with E-state index in [0.29, 0.717) is 6.04 Å². The van der Waals surface area contributed by atoms with Crippen LogP contribution in [0.5, 0.6) is 0 Å². The molecule has 1 heterocycles. The summed E-state index contributed by atoms with van der Waals surface area (Å²) in [6.07, 6.45) is 5.56. The Bertz CT molecular complexity index is 237. The maximum atomic E-state index is 3.69. The zero-order valence-electron chi connectivity index (χ0n) is 8.12. The molecule has 0 aliphatic heterocycles. The summed E-state index contributed by atoms with van der Waals surface area (Å²) in [5, 5.41) is 5.85. The summed E-state index contributed by atoms with van der Waals surface area (Å²) in [5.74, 6) is 0. The Morgan fingerprint density at radius 2 is 2.23 bits per heavy atom. The first-order chi connectivity index (χ1) is 6.36. The van der Waals surface area contributed by atoms with Gasteiger partial charge in [-0.1, -0.05) is 18.9 Å². The Kier molecular flexibility index (Phi) is 3.01. The Balaban J connectivity index is 1.87. The van der Waals surface area contributed by atoms with E-state index < -0.39 is 0 Å². The number of rotatable bonds is 3. The summed E-state index contributed by atoms with van der Waals surface area (Å²) < 4.78 is 0. The third-order valence-electron chi connectivity index (χ3n) is 2.81. The molecule has 2 rings (SSSR count). The van der Waals surface area contributed by atoms with Gasteiger partial charge in [-0.25, -0.2) is 0 Å². The second kappa shape index (κ2) is 4.25. The first kappa shape index (κ1) is 9.22. The highest BCUT2D eigenvalue weighted by atomic mass is 32.1. The standard InChI is InChI=1S/C11H17NS/c1-9(11-7-4-8-13-11)12-10-5-2-3-6-10/h4,7-10,12H,2-3,5-6H2,1H3/t9-/m0/s1. The quantitative estimate of drug-likeness (QED) is 0.780. The SMILES string of the molecule is C[C@H](NC1CCCC1)c1cccs1. The van der Waals surface area contributed by atoms with Crippen LogP contribution in [0.15, 0.2) is 17.5 Å². The van der Waals surface area contributed by atoms with Crippen LogP contribution in [0.3, 0.4) is 0 Å². The molecule has 0 spiro atoms. The van der Waals surface area contributed by atoms with Gasteiger partial charge in [-0.15, -0.1) is 11.3 Å². The lowest BCUT2D eigenvalue weighted by molar-refractivity contribution is 0.465. The maximum absolute atomic E-state index is 3.69. The molecule has 1 aromatic heterocycles. The Morgan fingerprint density at radius 1 is 1.46 bits per heavy atom. The highest BCUT2D eigenvalue weighted by Crippen LogP contribution is 2.23. The first-order valence-electron chi connectivity index (χ1n) is 5.16. The van der Waals surface area contributed by atoms with Crippen LogP contribution in [-0.2, 0) is 0 Å². The summed E-state index contributed by atoms with van der Waals surface area (Å²) in [6, 6.07) is 5.67. The van der Waals surface area contributed by atoms with Crippen LogP contribution in [-0.4, -0.2) is 6.04 Å². The Hall–Kier alpha value is -0.340. The van der Waals surface area contributed by atoms with E-state index in [4.69, 9.17) is 0 Å². The van der Waals surface area contributed by atoms with Gasteiger partial charge >= 0.3 is 0 Å². The monoisotopic (exact) mass is 195 g/mol. The summed E-state index contributed by atoms with van der Waals surface area (Å²) in [7, 11) is 0. The van der Waals surface area contributed by atoms with Crippen molar-refractivity contribution in [3.8, 4) is 0 Å². The van der Waals surface area contributed by atoms with Crippen LogP contribution < -0.4 is 5.32 Å². The third-order valence-corrected chi connectivity index (χ3v) is 3.87. The molecule has 0 radical (unpaired) electrons. The second-order valence-corrected chi connectivity index (χ2v) is 4.86. The molecule has 1 nitrogen and oxygen atoms in total. The number of hydrogen-bond acceptors (Lipinski definition) is 2. The molecule has 1 N–H and O–H groups in total. The van der Waals surface area contributed by atoms with Crippen molar-refractivity contribution in [1.29, 1.82) is 0 Å². The van der Waals surface area contributed by atoms with Gasteiger partial charge in [-0.05, 0) is 31.2 Å². The highest BCUT2D eigenvalue weighted by Gasteiger charge is 2.17. The van der Waals surface area contributed by atoms with Crippen molar-refractivity contribution in [1.82, 2.24) is 5.32 Å². The van der Waals surface area contributed by atoms with Crippen LogP contribution in [0.1, 0.15) is 43.5 Å². The van der Waals surface area contributed by atoms with Crippen molar-refractivity contribution in [2.45, 2.75) is 44.7 Å². The first-order valence-corrected chi connectivity index (χ1v) is 6.03. The smallest absolute Gasteiger partial charge is 0.0388 e. The number of nitrogens with one attached hydrogen (secondary N) is 1. The largest absolute Gasteiger partial charge is 0.307 e. The van der Waals surface area contributed by atoms with Crippen molar-refractivity contribution >= 4 is 11.3 Å². The predicted octanol–water partition coefficient (Wildman–Crippen LogP) is 3.34. The Labute approximate surface area is 84.2 Å². The fourth-order valence-corrected chi connectivity index (χ4v) is 2.81.